The summed E-state index contributed by atoms with van der Waals surface area (Å²) in [4.78, 5) is 27.5. The third-order valence-corrected chi connectivity index (χ3v) is 3.57. The van der Waals surface area contributed by atoms with Crippen molar-refractivity contribution in [3.63, 3.8) is 0 Å². The van der Waals surface area contributed by atoms with Crippen molar-refractivity contribution in [2.75, 3.05) is 7.11 Å². The van der Waals surface area contributed by atoms with Crippen LogP contribution in [0.1, 0.15) is 29.7 Å². The Kier molecular flexibility index (Phi) is 3.88. The summed E-state index contributed by atoms with van der Waals surface area (Å²) >= 11 is 0. The second-order valence-electron chi connectivity index (χ2n) is 5.04. The van der Waals surface area contributed by atoms with Gasteiger partial charge in [-0.15, -0.1) is 0 Å². The molecule has 0 radical (unpaired) electrons. The summed E-state index contributed by atoms with van der Waals surface area (Å²) in [5.74, 6) is -0.977. The number of ether oxygens (including phenoxy) is 1. The summed E-state index contributed by atoms with van der Waals surface area (Å²) in [6, 6.07) is 5.10. The standard InChI is InChI=1S/C15H18N2O3/c1-8-5-6-9(2)11(7-8)13-12(14(18)20-4)10(3)16-15(19)17-13/h5-7,12-13H,1-4H3,(H,17,19). The van der Waals surface area contributed by atoms with Gasteiger partial charge in [-0.3, -0.25) is 4.79 Å². The average Bonchev–Trinajstić information content (AvgIpc) is 2.40. The lowest BCUT2D eigenvalue weighted by Crippen LogP contribution is -2.44. The van der Waals surface area contributed by atoms with Crippen LogP contribution in [0.3, 0.4) is 0 Å². The van der Waals surface area contributed by atoms with E-state index in [9.17, 15) is 9.59 Å². The van der Waals surface area contributed by atoms with Gasteiger partial charge in [0, 0.05) is 5.71 Å². The van der Waals surface area contributed by atoms with Crippen molar-refractivity contribution in [2.45, 2.75) is 26.8 Å². The third-order valence-electron chi connectivity index (χ3n) is 3.57. The Bertz CT molecular complexity index is 593. The number of hydrogen-bond acceptors (Lipinski definition) is 3. The van der Waals surface area contributed by atoms with E-state index < -0.39 is 24.0 Å². The maximum absolute atomic E-state index is 12.0. The zero-order valence-electron chi connectivity index (χ0n) is 12.1. The quantitative estimate of drug-likeness (QED) is 0.841. The fraction of sp³-hybridized carbons (Fsp3) is 0.400. The van der Waals surface area contributed by atoms with Gasteiger partial charge >= 0.3 is 12.0 Å². The molecule has 2 amide bonds. The average molecular weight is 274 g/mol. The molecule has 1 aromatic carbocycles. The zero-order chi connectivity index (χ0) is 14.9. The molecule has 0 spiro atoms. The van der Waals surface area contributed by atoms with Crippen LogP contribution in [-0.2, 0) is 9.53 Å². The summed E-state index contributed by atoms with van der Waals surface area (Å²) in [5.41, 5.74) is 3.49. The topological polar surface area (TPSA) is 67.8 Å². The van der Waals surface area contributed by atoms with Crippen molar-refractivity contribution in [1.82, 2.24) is 5.32 Å². The van der Waals surface area contributed by atoms with Gasteiger partial charge in [0.25, 0.3) is 0 Å². The van der Waals surface area contributed by atoms with Gasteiger partial charge in [0.2, 0.25) is 0 Å². The molecule has 1 aliphatic heterocycles. The molecule has 0 aliphatic carbocycles. The van der Waals surface area contributed by atoms with Crippen LogP contribution >= 0.6 is 0 Å². The first-order valence-corrected chi connectivity index (χ1v) is 6.44. The Morgan fingerprint density at radius 1 is 1.30 bits per heavy atom. The van der Waals surface area contributed by atoms with Crippen LogP contribution < -0.4 is 5.32 Å². The van der Waals surface area contributed by atoms with Gasteiger partial charge in [-0.25, -0.2) is 9.79 Å². The summed E-state index contributed by atoms with van der Waals surface area (Å²) in [6.07, 6.45) is 0. The number of hydrogen-bond donors (Lipinski definition) is 1. The molecule has 1 N–H and O–H groups in total. The summed E-state index contributed by atoms with van der Waals surface area (Å²) < 4.78 is 4.85. The zero-order valence-corrected chi connectivity index (χ0v) is 12.1. The smallest absolute Gasteiger partial charge is 0.341 e. The van der Waals surface area contributed by atoms with Gasteiger partial charge in [-0.05, 0) is 31.9 Å². The van der Waals surface area contributed by atoms with Crippen LogP contribution in [0.15, 0.2) is 23.2 Å². The Morgan fingerprint density at radius 3 is 2.65 bits per heavy atom. The number of benzene rings is 1. The summed E-state index contributed by atoms with van der Waals surface area (Å²) in [7, 11) is 1.34. The number of aliphatic imine (C=N–C) groups is 1. The highest BCUT2D eigenvalue weighted by Gasteiger charge is 2.38. The van der Waals surface area contributed by atoms with Crippen molar-refractivity contribution >= 4 is 17.7 Å². The van der Waals surface area contributed by atoms with Crippen LogP contribution in [0.5, 0.6) is 0 Å². The molecular weight excluding hydrogens is 256 g/mol. The minimum atomic E-state index is -0.585. The maximum Gasteiger partial charge on any atom is 0.341 e. The molecular formula is C15H18N2O3. The normalized spacial score (nSPS) is 22.0. The minimum absolute atomic E-state index is 0.392. The molecule has 2 atom stereocenters. The van der Waals surface area contributed by atoms with E-state index in [-0.39, 0.29) is 0 Å². The molecule has 1 heterocycles. The number of methoxy groups -OCH3 is 1. The Labute approximate surface area is 118 Å². The number of rotatable bonds is 2. The second-order valence-corrected chi connectivity index (χ2v) is 5.04. The number of urea groups is 1. The van der Waals surface area contributed by atoms with Gasteiger partial charge < -0.3 is 10.1 Å². The Morgan fingerprint density at radius 2 is 2.00 bits per heavy atom. The first-order chi connectivity index (χ1) is 9.43. The first-order valence-electron chi connectivity index (χ1n) is 6.44. The minimum Gasteiger partial charge on any atom is -0.468 e. The predicted octanol–water partition coefficient (Wildman–Crippen LogP) is 2.32. The van der Waals surface area contributed by atoms with Crippen molar-refractivity contribution in [3.05, 3.63) is 34.9 Å². The van der Waals surface area contributed by atoms with Crippen molar-refractivity contribution < 1.29 is 14.3 Å². The van der Waals surface area contributed by atoms with Gasteiger partial charge in [-0.2, -0.15) is 0 Å². The van der Waals surface area contributed by atoms with Crippen molar-refractivity contribution in [2.24, 2.45) is 10.9 Å². The maximum atomic E-state index is 12.0. The fourth-order valence-electron chi connectivity index (χ4n) is 2.51. The SMILES string of the molecule is COC(=O)C1C(C)=NC(=O)NC1c1cc(C)ccc1C. The molecule has 1 aromatic rings. The largest absolute Gasteiger partial charge is 0.468 e. The molecule has 106 valence electrons. The van der Waals surface area contributed by atoms with Crippen molar-refractivity contribution in [3.8, 4) is 0 Å². The lowest BCUT2D eigenvalue weighted by molar-refractivity contribution is -0.143. The van der Waals surface area contributed by atoms with E-state index in [4.69, 9.17) is 4.74 Å². The number of amides is 2. The number of carbonyl (C=O) groups excluding carboxylic acids is 2. The molecule has 5 nitrogen and oxygen atoms in total. The van der Waals surface area contributed by atoms with Gasteiger partial charge in [0.1, 0.15) is 5.92 Å². The molecule has 2 unspecified atom stereocenters. The monoisotopic (exact) mass is 274 g/mol. The first kappa shape index (κ1) is 14.2. The number of esters is 1. The van der Waals surface area contributed by atoms with Gasteiger partial charge in [0.05, 0.1) is 13.2 Å². The van der Waals surface area contributed by atoms with Gasteiger partial charge in [-0.1, -0.05) is 23.8 Å². The summed E-state index contributed by atoms with van der Waals surface area (Å²) in [6.45, 7) is 5.61. The van der Waals surface area contributed by atoms with E-state index in [2.05, 4.69) is 10.3 Å². The molecule has 0 saturated carbocycles. The molecule has 0 fully saturated rings. The summed E-state index contributed by atoms with van der Waals surface area (Å²) in [5, 5.41) is 2.77. The third kappa shape index (κ3) is 2.57. The van der Waals surface area contributed by atoms with E-state index in [1.165, 1.54) is 7.11 Å². The van der Waals surface area contributed by atoms with Crippen LogP contribution in [0.4, 0.5) is 4.79 Å². The molecule has 0 bridgehead atoms. The highest BCUT2D eigenvalue weighted by atomic mass is 16.5. The highest BCUT2D eigenvalue weighted by molar-refractivity contribution is 6.08. The highest BCUT2D eigenvalue weighted by Crippen LogP contribution is 2.30. The molecule has 20 heavy (non-hydrogen) atoms. The van der Waals surface area contributed by atoms with Crippen LogP contribution in [-0.4, -0.2) is 24.8 Å². The van der Waals surface area contributed by atoms with Gasteiger partial charge in [0.15, 0.2) is 0 Å². The van der Waals surface area contributed by atoms with E-state index in [0.717, 1.165) is 16.7 Å². The predicted molar refractivity (Wildman–Crippen MR) is 75.8 cm³/mol. The fourth-order valence-corrected chi connectivity index (χ4v) is 2.51. The lowest BCUT2D eigenvalue weighted by atomic mass is 9.85. The van der Waals surface area contributed by atoms with Crippen molar-refractivity contribution in [1.29, 1.82) is 0 Å². The molecule has 1 aliphatic rings. The second kappa shape index (κ2) is 5.45. The molecule has 0 aromatic heterocycles. The number of aryl methyl sites for hydroxylation is 2. The Hall–Kier alpha value is -2.17. The molecule has 5 heteroatoms. The lowest BCUT2D eigenvalue weighted by Gasteiger charge is -2.30. The molecule has 2 rings (SSSR count). The molecule has 0 saturated heterocycles. The van der Waals surface area contributed by atoms with Crippen LogP contribution in [0.25, 0.3) is 0 Å². The van der Waals surface area contributed by atoms with Crippen LogP contribution in [0.2, 0.25) is 0 Å². The van der Waals surface area contributed by atoms with Crippen LogP contribution in [0, 0.1) is 19.8 Å². The number of carbonyl (C=O) groups is 2. The van der Waals surface area contributed by atoms with E-state index in [1.807, 2.05) is 32.0 Å². The number of nitrogens with zero attached hydrogens (tertiary/aromatic N) is 1. The van der Waals surface area contributed by atoms with E-state index in [1.54, 1.807) is 6.92 Å². The Balaban J connectivity index is 2.51. The van der Waals surface area contributed by atoms with E-state index in [0.29, 0.717) is 5.71 Å². The number of nitrogens with one attached hydrogen (secondary N) is 1. The van der Waals surface area contributed by atoms with E-state index >= 15 is 0 Å².